The Kier molecular flexibility index (Phi) is 4.16. The molecule has 0 aromatic rings. The fourth-order valence-corrected chi connectivity index (χ4v) is 3.94. The van der Waals surface area contributed by atoms with Crippen molar-refractivity contribution in [1.82, 2.24) is 10.2 Å². The number of rotatable bonds is 5. The van der Waals surface area contributed by atoms with Crippen molar-refractivity contribution in [3.63, 3.8) is 0 Å². The molecule has 0 aromatic heterocycles. The van der Waals surface area contributed by atoms with Crippen molar-refractivity contribution in [2.45, 2.75) is 64.0 Å². The summed E-state index contributed by atoms with van der Waals surface area (Å²) in [5.41, 5.74) is 0.130. The molecule has 0 radical (unpaired) electrons. The summed E-state index contributed by atoms with van der Waals surface area (Å²) < 4.78 is 0. The molecule has 3 fully saturated rings. The van der Waals surface area contributed by atoms with E-state index in [1.54, 1.807) is 0 Å². The minimum Gasteiger partial charge on any atom is -0.396 e. The molecule has 110 valence electrons. The van der Waals surface area contributed by atoms with Crippen molar-refractivity contribution in [1.29, 1.82) is 0 Å². The van der Waals surface area contributed by atoms with E-state index >= 15 is 0 Å². The van der Waals surface area contributed by atoms with Crippen LogP contribution in [0.15, 0.2) is 0 Å². The van der Waals surface area contributed by atoms with Crippen molar-refractivity contribution in [3.8, 4) is 0 Å². The van der Waals surface area contributed by atoms with Gasteiger partial charge in [0.05, 0.1) is 0 Å². The zero-order valence-corrected chi connectivity index (χ0v) is 12.4. The number of likely N-dealkylation sites (tertiary alicyclic amines) is 1. The molecule has 3 rings (SSSR count). The standard InChI is InChI=1S/C16H30N2O/c1-16(12-19)8-2-3-15(16)17-14-6-9-18(10-7-14)11-13-4-5-13/h13-15,17,19H,2-12H2,1H3. The third-order valence-electron chi connectivity index (χ3n) is 5.68. The van der Waals surface area contributed by atoms with Crippen molar-refractivity contribution >= 4 is 0 Å². The minimum atomic E-state index is 0.130. The van der Waals surface area contributed by atoms with Gasteiger partial charge >= 0.3 is 0 Å². The number of nitrogens with zero attached hydrogens (tertiary/aromatic N) is 1. The average molecular weight is 266 g/mol. The lowest BCUT2D eigenvalue weighted by atomic mass is 9.85. The van der Waals surface area contributed by atoms with Crippen LogP contribution in [0.4, 0.5) is 0 Å². The number of hydrogen-bond donors (Lipinski definition) is 2. The van der Waals surface area contributed by atoms with Gasteiger partial charge in [-0.05, 0) is 57.5 Å². The normalized spacial score (nSPS) is 37.9. The molecule has 2 aliphatic carbocycles. The van der Waals surface area contributed by atoms with Crippen molar-refractivity contribution in [3.05, 3.63) is 0 Å². The molecule has 1 heterocycles. The van der Waals surface area contributed by atoms with Gasteiger partial charge in [0.1, 0.15) is 0 Å². The predicted molar refractivity (Wildman–Crippen MR) is 78.2 cm³/mol. The first-order chi connectivity index (χ1) is 9.19. The summed E-state index contributed by atoms with van der Waals surface area (Å²) in [6.45, 7) is 6.49. The molecule has 3 nitrogen and oxygen atoms in total. The van der Waals surface area contributed by atoms with Crippen LogP contribution in [0.3, 0.4) is 0 Å². The Balaban J connectivity index is 1.43. The Bertz CT molecular complexity index is 297. The molecule has 0 spiro atoms. The van der Waals surface area contributed by atoms with E-state index < -0.39 is 0 Å². The molecular weight excluding hydrogens is 236 g/mol. The van der Waals surface area contributed by atoms with Crippen LogP contribution in [-0.4, -0.2) is 48.3 Å². The first-order valence-electron chi connectivity index (χ1n) is 8.29. The van der Waals surface area contributed by atoms with Crippen LogP contribution in [0.2, 0.25) is 0 Å². The molecule has 1 saturated heterocycles. The summed E-state index contributed by atoms with van der Waals surface area (Å²) in [4.78, 5) is 2.66. The Morgan fingerprint density at radius 3 is 2.53 bits per heavy atom. The zero-order valence-electron chi connectivity index (χ0n) is 12.4. The monoisotopic (exact) mass is 266 g/mol. The lowest BCUT2D eigenvalue weighted by molar-refractivity contribution is 0.102. The number of aliphatic hydroxyl groups excluding tert-OH is 1. The Morgan fingerprint density at radius 2 is 1.89 bits per heavy atom. The highest BCUT2D eigenvalue weighted by Crippen LogP contribution is 2.38. The Labute approximate surface area is 117 Å². The first kappa shape index (κ1) is 13.8. The number of aliphatic hydroxyl groups is 1. The van der Waals surface area contributed by atoms with Gasteiger partial charge in [-0.25, -0.2) is 0 Å². The van der Waals surface area contributed by atoms with E-state index in [0.717, 1.165) is 5.92 Å². The molecule has 2 unspecified atom stereocenters. The van der Waals surface area contributed by atoms with Crippen LogP contribution < -0.4 is 5.32 Å². The van der Waals surface area contributed by atoms with Gasteiger partial charge in [0.15, 0.2) is 0 Å². The highest BCUT2D eigenvalue weighted by Gasteiger charge is 2.39. The summed E-state index contributed by atoms with van der Waals surface area (Å²) in [6.07, 6.45) is 9.23. The van der Waals surface area contributed by atoms with E-state index in [4.69, 9.17) is 0 Å². The third kappa shape index (κ3) is 3.32. The molecule has 3 heteroatoms. The molecule has 0 bridgehead atoms. The molecular formula is C16H30N2O. The van der Waals surface area contributed by atoms with E-state index in [2.05, 4.69) is 17.1 Å². The van der Waals surface area contributed by atoms with E-state index in [1.165, 1.54) is 64.6 Å². The molecule has 3 aliphatic rings. The van der Waals surface area contributed by atoms with Crippen molar-refractivity contribution in [2.75, 3.05) is 26.2 Å². The summed E-state index contributed by atoms with van der Waals surface area (Å²) in [7, 11) is 0. The van der Waals surface area contributed by atoms with Gasteiger partial charge in [0, 0.05) is 30.7 Å². The molecule has 19 heavy (non-hydrogen) atoms. The second-order valence-corrected chi connectivity index (χ2v) is 7.44. The van der Waals surface area contributed by atoms with Crippen LogP contribution in [0.25, 0.3) is 0 Å². The smallest absolute Gasteiger partial charge is 0.0499 e. The lowest BCUT2D eigenvalue weighted by Gasteiger charge is -2.38. The van der Waals surface area contributed by atoms with Gasteiger partial charge < -0.3 is 15.3 Å². The fourth-order valence-electron chi connectivity index (χ4n) is 3.94. The largest absolute Gasteiger partial charge is 0.396 e. The van der Waals surface area contributed by atoms with Crippen molar-refractivity contribution in [2.24, 2.45) is 11.3 Å². The number of hydrogen-bond acceptors (Lipinski definition) is 3. The van der Waals surface area contributed by atoms with Crippen LogP contribution in [0, 0.1) is 11.3 Å². The molecule has 0 aromatic carbocycles. The summed E-state index contributed by atoms with van der Waals surface area (Å²) in [6, 6.07) is 1.22. The summed E-state index contributed by atoms with van der Waals surface area (Å²) in [5.74, 6) is 1.03. The van der Waals surface area contributed by atoms with Crippen LogP contribution in [0.1, 0.15) is 51.9 Å². The molecule has 0 amide bonds. The van der Waals surface area contributed by atoms with E-state index in [0.29, 0.717) is 18.7 Å². The molecule has 2 saturated carbocycles. The van der Waals surface area contributed by atoms with Crippen LogP contribution >= 0.6 is 0 Å². The highest BCUT2D eigenvalue weighted by molar-refractivity contribution is 4.95. The number of nitrogens with one attached hydrogen (secondary N) is 1. The van der Waals surface area contributed by atoms with E-state index in [-0.39, 0.29) is 5.41 Å². The van der Waals surface area contributed by atoms with Gasteiger partial charge in [0.25, 0.3) is 0 Å². The van der Waals surface area contributed by atoms with Gasteiger partial charge in [-0.1, -0.05) is 13.3 Å². The fraction of sp³-hybridized carbons (Fsp3) is 1.00. The summed E-state index contributed by atoms with van der Waals surface area (Å²) >= 11 is 0. The second-order valence-electron chi connectivity index (χ2n) is 7.44. The van der Waals surface area contributed by atoms with Gasteiger partial charge in [-0.3, -0.25) is 0 Å². The maximum absolute atomic E-state index is 9.63. The molecule has 2 N–H and O–H groups in total. The Hall–Kier alpha value is -0.120. The Morgan fingerprint density at radius 1 is 1.16 bits per heavy atom. The lowest BCUT2D eigenvalue weighted by Crippen LogP contribution is -2.50. The predicted octanol–water partition coefficient (Wildman–Crippen LogP) is 2.00. The number of piperidine rings is 1. The minimum absolute atomic E-state index is 0.130. The average Bonchev–Trinajstić information content (AvgIpc) is 3.16. The maximum atomic E-state index is 9.63. The van der Waals surface area contributed by atoms with E-state index in [1.807, 2.05) is 0 Å². The van der Waals surface area contributed by atoms with Gasteiger partial charge in [-0.15, -0.1) is 0 Å². The first-order valence-corrected chi connectivity index (χ1v) is 8.29. The quantitative estimate of drug-likeness (QED) is 0.799. The highest BCUT2D eigenvalue weighted by atomic mass is 16.3. The maximum Gasteiger partial charge on any atom is 0.0499 e. The molecule has 1 aliphatic heterocycles. The second kappa shape index (κ2) is 5.71. The van der Waals surface area contributed by atoms with Crippen molar-refractivity contribution < 1.29 is 5.11 Å². The third-order valence-corrected chi connectivity index (χ3v) is 5.68. The van der Waals surface area contributed by atoms with Gasteiger partial charge in [-0.2, -0.15) is 0 Å². The molecule has 2 atom stereocenters. The SMILES string of the molecule is CC1(CO)CCCC1NC1CCN(CC2CC2)CC1. The van der Waals surface area contributed by atoms with Crippen LogP contribution in [0.5, 0.6) is 0 Å². The van der Waals surface area contributed by atoms with Crippen LogP contribution in [-0.2, 0) is 0 Å². The van der Waals surface area contributed by atoms with Gasteiger partial charge in [0.2, 0.25) is 0 Å². The summed E-state index contributed by atoms with van der Waals surface area (Å²) in [5, 5.41) is 13.5. The van der Waals surface area contributed by atoms with E-state index in [9.17, 15) is 5.11 Å². The topological polar surface area (TPSA) is 35.5 Å². The zero-order chi connectivity index (χ0) is 13.3.